The van der Waals surface area contributed by atoms with Crippen LogP contribution >= 0.6 is 11.6 Å². The predicted molar refractivity (Wildman–Crippen MR) is 113 cm³/mol. The first-order valence-corrected chi connectivity index (χ1v) is 11.6. The Bertz CT molecular complexity index is 1410. The van der Waals surface area contributed by atoms with E-state index >= 15 is 0 Å². The number of carboxylic acids is 1. The molecule has 0 amide bonds. The van der Waals surface area contributed by atoms with Crippen LogP contribution in [0.2, 0.25) is 5.02 Å². The summed E-state index contributed by atoms with van der Waals surface area (Å²) in [6.45, 7) is 1.49. The summed E-state index contributed by atoms with van der Waals surface area (Å²) in [7, 11) is -3.78. The van der Waals surface area contributed by atoms with Crippen LogP contribution in [0.15, 0.2) is 46.2 Å². The van der Waals surface area contributed by atoms with Crippen molar-refractivity contribution in [2.24, 2.45) is 0 Å². The number of nitrogens with zero attached hydrogens (tertiary/aromatic N) is 3. The molecular weight excluding hydrogens is 487 g/mol. The van der Waals surface area contributed by atoms with E-state index in [4.69, 9.17) is 11.6 Å². The summed E-state index contributed by atoms with van der Waals surface area (Å²) in [5, 5.41) is 13.1. The number of rotatable bonds is 6. The Morgan fingerprint density at radius 2 is 1.88 bits per heavy atom. The van der Waals surface area contributed by atoms with Crippen molar-refractivity contribution in [1.29, 1.82) is 0 Å². The Labute approximate surface area is 190 Å². The van der Waals surface area contributed by atoms with E-state index in [1.807, 2.05) is 0 Å². The fraction of sp³-hybridized carbons (Fsp3) is 0.250. The Kier molecular flexibility index (Phi) is 6.44. The van der Waals surface area contributed by atoms with E-state index in [9.17, 15) is 36.3 Å². The lowest BCUT2D eigenvalue weighted by molar-refractivity contribution is -0.141. The summed E-state index contributed by atoms with van der Waals surface area (Å²) in [6.07, 6.45) is -2.64. The number of carboxylic acid groups (broad SMARTS) is 1. The van der Waals surface area contributed by atoms with Crippen LogP contribution < -0.4 is 5.43 Å². The van der Waals surface area contributed by atoms with E-state index in [0.29, 0.717) is 0 Å². The van der Waals surface area contributed by atoms with Gasteiger partial charge in [0.05, 0.1) is 22.2 Å². The molecule has 0 saturated carbocycles. The lowest BCUT2D eigenvalue weighted by Gasteiger charge is -2.20. The number of aromatic carboxylic acids is 1. The highest BCUT2D eigenvalue weighted by molar-refractivity contribution is 7.90. The monoisotopic (exact) mass is 503 g/mol. The smallest absolute Gasteiger partial charge is 0.435 e. The van der Waals surface area contributed by atoms with Gasteiger partial charge < -0.3 is 9.67 Å². The van der Waals surface area contributed by atoms with E-state index in [1.54, 1.807) is 6.92 Å². The van der Waals surface area contributed by atoms with Gasteiger partial charge in [-0.3, -0.25) is 9.48 Å². The Balaban J connectivity index is 2.28. The summed E-state index contributed by atoms with van der Waals surface area (Å²) in [6, 6.07) is 5.57. The van der Waals surface area contributed by atoms with Gasteiger partial charge in [-0.25, -0.2) is 13.2 Å². The standard InChI is InChI=1S/C20H17ClF3N3O5S/c1-3-27-12(10-26-7-6-16(25-26)20(22,23)24)9-14(28)17(19(29)30)18(27)11-4-5-13(21)15(8-11)33(2,31)32/h4-9H,3,10H2,1-2H3,(H,29,30). The molecule has 13 heteroatoms. The molecule has 0 aliphatic carbocycles. The topological polar surface area (TPSA) is 111 Å². The Morgan fingerprint density at radius 3 is 2.39 bits per heavy atom. The van der Waals surface area contributed by atoms with Crippen LogP contribution in [0, 0.1) is 0 Å². The minimum absolute atomic E-state index is 0.0871. The van der Waals surface area contributed by atoms with Crippen molar-refractivity contribution in [3.05, 3.63) is 68.7 Å². The Morgan fingerprint density at radius 1 is 1.21 bits per heavy atom. The van der Waals surface area contributed by atoms with Gasteiger partial charge in [-0.15, -0.1) is 0 Å². The SMILES string of the molecule is CCn1c(Cn2ccc(C(F)(F)F)n2)cc(=O)c(C(=O)O)c1-c1ccc(Cl)c(S(C)(=O)=O)c1. The number of aromatic nitrogens is 3. The minimum atomic E-state index is -4.65. The third-order valence-electron chi connectivity index (χ3n) is 4.79. The van der Waals surface area contributed by atoms with Crippen LogP contribution in [0.1, 0.15) is 28.7 Å². The zero-order valence-corrected chi connectivity index (χ0v) is 18.8. The second-order valence-electron chi connectivity index (χ2n) is 7.09. The molecule has 0 atom stereocenters. The predicted octanol–water partition coefficient (Wildman–Crippen LogP) is 3.55. The van der Waals surface area contributed by atoms with Crippen LogP contribution in [-0.2, 0) is 29.1 Å². The molecule has 0 saturated heterocycles. The highest BCUT2D eigenvalue weighted by atomic mass is 35.5. The molecule has 2 aromatic heterocycles. The average Bonchev–Trinajstić information content (AvgIpc) is 3.15. The van der Waals surface area contributed by atoms with Crippen molar-refractivity contribution >= 4 is 27.4 Å². The molecule has 0 unspecified atom stereocenters. The van der Waals surface area contributed by atoms with Gasteiger partial charge in [-0.1, -0.05) is 17.7 Å². The van der Waals surface area contributed by atoms with Crippen LogP contribution in [0.5, 0.6) is 0 Å². The first-order chi connectivity index (χ1) is 15.2. The van der Waals surface area contributed by atoms with Gasteiger partial charge >= 0.3 is 12.1 Å². The van der Waals surface area contributed by atoms with Crippen molar-refractivity contribution in [1.82, 2.24) is 14.3 Å². The fourth-order valence-electron chi connectivity index (χ4n) is 3.40. The zero-order valence-electron chi connectivity index (χ0n) is 17.2. The summed E-state index contributed by atoms with van der Waals surface area (Å²) in [5.74, 6) is -1.54. The number of hydrogen-bond acceptors (Lipinski definition) is 5. The molecule has 33 heavy (non-hydrogen) atoms. The van der Waals surface area contributed by atoms with E-state index in [1.165, 1.54) is 16.7 Å². The Hall–Kier alpha value is -3.12. The third kappa shape index (κ3) is 4.96. The van der Waals surface area contributed by atoms with E-state index in [0.717, 1.165) is 35.3 Å². The molecule has 0 spiro atoms. The van der Waals surface area contributed by atoms with Gasteiger partial charge in [0.2, 0.25) is 0 Å². The third-order valence-corrected chi connectivity index (χ3v) is 6.37. The number of pyridine rings is 1. The lowest BCUT2D eigenvalue weighted by atomic mass is 10.0. The second kappa shape index (κ2) is 8.67. The number of carbonyl (C=O) groups is 1. The molecule has 176 valence electrons. The van der Waals surface area contributed by atoms with Gasteiger partial charge in [0.25, 0.3) is 0 Å². The average molecular weight is 504 g/mol. The first kappa shape index (κ1) is 24.5. The highest BCUT2D eigenvalue weighted by Gasteiger charge is 2.33. The first-order valence-electron chi connectivity index (χ1n) is 9.34. The number of sulfone groups is 1. The number of alkyl halides is 3. The summed E-state index contributed by atoms with van der Waals surface area (Å²) in [4.78, 5) is 24.4. The molecule has 0 fully saturated rings. The van der Waals surface area contributed by atoms with E-state index in [2.05, 4.69) is 5.10 Å². The molecule has 0 aliphatic heterocycles. The maximum Gasteiger partial charge on any atom is 0.435 e. The number of hydrogen-bond donors (Lipinski definition) is 1. The van der Waals surface area contributed by atoms with Crippen molar-refractivity contribution in [3.8, 4) is 11.3 Å². The van der Waals surface area contributed by atoms with E-state index in [-0.39, 0.29) is 40.0 Å². The van der Waals surface area contributed by atoms with Crippen molar-refractivity contribution < 1.29 is 31.5 Å². The fourth-order valence-corrected chi connectivity index (χ4v) is 4.70. The molecule has 0 aliphatic rings. The van der Waals surface area contributed by atoms with Gasteiger partial charge in [0.1, 0.15) is 5.56 Å². The molecule has 8 nitrogen and oxygen atoms in total. The molecule has 2 heterocycles. The van der Waals surface area contributed by atoms with Crippen molar-refractivity contribution in [3.63, 3.8) is 0 Å². The minimum Gasteiger partial charge on any atom is -0.477 e. The summed E-state index contributed by atoms with van der Waals surface area (Å²) >= 11 is 5.99. The number of halogens is 4. The van der Waals surface area contributed by atoms with Crippen molar-refractivity contribution in [2.75, 3.05) is 6.26 Å². The maximum atomic E-state index is 12.9. The zero-order chi connectivity index (χ0) is 24.7. The normalized spacial score (nSPS) is 12.2. The summed E-state index contributed by atoms with van der Waals surface area (Å²) < 4.78 is 65.2. The highest BCUT2D eigenvalue weighted by Crippen LogP contribution is 2.31. The van der Waals surface area contributed by atoms with Gasteiger partial charge in [0.15, 0.2) is 21.0 Å². The molecule has 3 aromatic rings. The lowest BCUT2D eigenvalue weighted by Crippen LogP contribution is -2.24. The van der Waals surface area contributed by atoms with Crippen LogP contribution in [-0.4, -0.2) is 40.1 Å². The molecule has 1 aromatic carbocycles. The maximum absolute atomic E-state index is 12.9. The van der Waals surface area contributed by atoms with Gasteiger partial charge in [0, 0.05) is 36.3 Å². The summed E-state index contributed by atoms with van der Waals surface area (Å²) in [5.41, 5.74) is -2.46. The van der Waals surface area contributed by atoms with Gasteiger partial charge in [-0.2, -0.15) is 18.3 Å². The molecule has 0 radical (unpaired) electrons. The second-order valence-corrected chi connectivity index (χ2v) is 9.48. The van der Waals surface area contributed by atoms with Gasteiger partial charge in [-0.05, 0) is 25.1 Å². The molecule has 1 N–H and O–H groups in total. The molecule has 3 rings (SSSR count). The molecular formula is C20H17ClF3N3O5S. The quantitative estimate of drug-likeness (QED) is 0.550. The number of benzene rings is 1. The van der Waals surface area contributed by atoms with E-state index < -0.39 is 38.7 Å². The largest absolute Gasteiger partial charge is 0.477 e. The van der Waals surface area contributed by atoms with Crippen LogP contribution in [0.4, 0.5) is 13.2 Å². The van der Waals surface area contributed by atoms with Crippen LogP contribution in [0.25, 0.3) is 11.3 Å². The van der Waals surface area contributed by atoms with Crippen LogP contribution in [0.3, 0.4) is 0 Å². The van der Waals surface area contributed by atoms with Crippen molar-refractivity contribution in [2.45, 2.75) is 31.1 Å². The molecule has 0 bridgehead atoms.